The zero-order valence-electron chi connectivity index (χ0n) is 6.15. The first-order valence-corrected chi connectivity index (χ1v) is 2.72. The number of rotatable bonds is 1. The Morgan fingerprint density at radius 3 is 2.27 bits per heavy atom. The third kappa shape index (κ3) is 2.96. The van der Waals surface area contributed by atoms with E-state index in [9.17, 15) is 0 Å². The first-order valence-electron chi connectivity index (χ1n) is 2.72. The van der Waals surface area contributed by atoms with Crippen LogP contribution in [0, 0.1) is 0 Å². The van der Waals surface area contributed by atoms with Gasteiger partial charge in [-0.05, 0) is 0 Å². The zero-order valence-corrected chi connectivity index (χ0v) is 7.78. The number of nitrogen functional groups attached to an aromatic ring is 1. The van der Waals surface area contributed by atoms with Gasteiger partial charge in [0.25, 0.3) is 0 Å². The van der Waals surface area contributed by atoms with Gasteiger partial charge < -0.3 is 11.5 Å². The summed E-state index contributed by atoms with van der Waals surface area (Å²) in [6.45, 7) is 0.487. The van der Waals surface area contributed by atoms with Crippen LogP contribution >= 0.6 is 24.8 Å². The van der Waals surface area contributed by atoms with Crippen LogP contribution in [0.15, 0.2) is 6.07 Å². The summed E-state index contributed by atoms with van der Waals surface area (Å²) in [4.78, 5) is 0. The summed E-state index contributed by atoms with van der Waals surface area (Å²) in [5, 5.41) is 3.90. The van der Waals surface area contributed by atoms with E-state index < -0.39 is 0 Å². The van der Waals surface area contributed by atoms with Gasteiger partial charge in [-0.3, -0.25) is 4.68 Å². The SMILES string of the molecule is Cl.Cl.Cn1nc(N)cc1CN. The Bertz CT molecular complexity index is 210. The number of anilines is 1. The average Bonchev–Trinajstić information content (AvgIpc) is 2.10. The van der Waals surface area contributed by atoms with Crippen LogP contribution in [0.4, 0.5) is 5.82 Å². The van der Waals surface area contributed by atoms with Crippen molar-refractivity contribution in [1.82, 2.24) is 9.78 Å². The van der Waals surface area contributed by atoms with Gasteiger partial charge in [0.15, 0.2) is 0 Å². The number of nitrogens with zero attached hydrogens (tertiary/aromatic N) is 2. The van der Waals surface area contributed by atoms with Crippen molar-refractivity contribution in [3.05, 3.63) is 11.8 Å². The lowest BCUT2D eigenvalue weighted by atomic mass is 10.4. The number of hydrogen-bond donors (Lipinski definition) is 2. The molecule has 0 spiro atoms. The van der Waals surface area contributed by atoms with E-state index in [1.165, 1.54) is 0 Å². The van der Waals surface area contributed by atoms with E-state index in [-0.39, 0.29) is 24.8 Å². The minimum atomic E-state index is 0. The van der Waals surface area contributed by atoms with Crippen LogP contribution in [0.3, 0.4) is 0 Å². The molecule has 6 heteroatoms. The maximum absolute atomic E-state index is 5.37. The molecular weight excluding hydrogens is 187 g/mol. The largest absolute Gasteiger partial charge is 0.382 e. The van der Waals surface area contributed by atoms with E-state index in [0.29, 0.717) is 12.4 Å². The molecule has 0 aromatic carbocycles. The van der Waals surface area contributed by atoms with E-state index in [1.54, 1.807) is 10.7 Å². The average molecular weight is 199 g/mol. The number of nitrogens with two attached hydrogens (primary N) is 2. The van der Waals surface area contributed by atoms with Crippen molar-refractivity contribution in [1.29, 1.82) is 0 Å². The quantitative estimate of drug-likeness (QED) is 0.683. The summed E-state index contributed by atoms with van der Waals surface area (Å²) in [6.07, 6.45) is 0. The molecular formula is C5H12Cl2N4. The fourth-order valence-electron chi connectivity index (χ4n) is 0.721. The molecule has 0 bridgehead atoms. The monoisotopic (exact) mass is 198 g/mol. The highest BCUT2D eigenvalue weighted by Gasteiger charge is 1.97. The van der Waals surface area contributed by atoms with E-state index >= 15 is 0 Å². The molecule has 0 fully saturated rings. The van der Waals surface area contributed by atoms with Crippen LogP contribution in [0.2, 0.25) is 0 Å². The first-order chi connectivity index (χ1) is 4.24. The Morgan fingerprint density at radius 2 is 2.09 bits per heavy atom. The van der Waals surface area contributed by atoms with Gasteiger partial charge in [0.1, 0.15) is 5.82 Å². The molecule has 0 unspecified atom stereocenters. The lowest BCUT2D eigenvalue weighted by Crippen LogP contribution is -2.03. The molecule has 4 N–H and O–H groups in total. The molecule has 0 saturated heterocycles. The van der Waals surface area contributed by atoms with Gasteiger partial charge in [-0.15, -0.1) is 24.8 Å². The van der Waals surface area contributed by atoms with Crippen molar-refractivity contribution in [2.24, 2.45) is 12.8 Å². The second-order valence-electron chi connectivity index (χ2n) is 1.89. The summed E-state index contributed by atoms with van der Waals surface area (Å²) >= 11 is 0. The first kappa shape index (κ1) is 13.2. The Morgan fingerprint density at radius 1 is 1.55 bits per heavy atom. The van der Waals surface area contributed by atoms with Crippen LogP contribution in [0.1, 0.15) is 5.69 Å². The van der Waals surface area contributed by atoms with Crippen molar-refractivity contribution in [3.8, 4) is 0 Å². The fraction of sp³-hybridized carbons (Fsp3) is 0.400. The summed E-state index contributed by atoms with van der Waals surface area (Å²) in [7, 11) is 1.82. The molecule has 0 aliphatic heterocycles. The van der Waals surface area contributed by atoms with Gasteiger partial charge in [0.05, 0.1) is 5.69 Å². The van der Waals surface area contributed by atoms with E-state index in [1.807, 2.05) is 7.05 Å². The van der Waals surface area contributed by atoms with Gasteiger partial charge in [0.2, 0.25) is 0 Å². The van der Waals surface area contributed by atoms with Crippen LogP contribution in [-0.2, 0) is 13.6 Å². The van der Waals surface area contributed by atoms with Crippen molar-refractivity contribution in [2.75, 3.05) is 5.73 Å². The van der Waals surface area contributed by atoms with Crippen molar-refractivity contribution in [3.63, 3.8) is 0 Å². The molecule has 1 aromatic rings. The van der Waals surface area contributed by atoms with E-state index in [4.69, 9.17) is 11.5 Å². The Kier molecular flexibility index (Phi) is 6.26. The van der Waals surface area contributed by atoms with E-state index in [2.05, 4.69) is 5.10 Å². The van der Waals surface area contributed by atoms with Gasteiger partial charge in [-0.2, -0.15) is 5.10 Å². The Balaban J connectivity index is 0. The topological polar surface area (TPSA) is 69.9 Å². The van der Waals surface area contributed by atoms with Crippen molar-refractivity contribution in [2.45, 2.75) is 6.54 Å². The summed E-state index contributed by atoms with van der Waals surface area (Å²) < 4.78 is 1.68. The van der Waals surface area contributed by atoms with Crippen molar-refractivity contribution < 1.29 is 0 Å². The number of aryl methyl sites for hydroxylation is 1. The predicted octanol–water partition coefficient (Wildman–Crippen LogP) is 0.305. The molecule has 1 heterocycles. The molecule has 0 aliphatic rings. The summed E-state index contributed by atoms with van der Waals surface area (Å²) in [5.74, 6) is 0.526. The zero-order chi connectivity index (χ0) is 6.85. The van der Waals surface area contributed by atoms with Gasteiger partial charge in [-0.1, -0.05) is 0 Å². The lowest BCUT2D eigenvalue weighted by molar-refractivity contribution is 0.715. The Hall–Kier alpha value is -0.450. The highest BCUT2D eigenvalue weighted by atomic mass is 35.5. The van der Waals surface area contributed by atoms with Gasteiger partial charge in [0, 0.05) is 19.7 Å². The third-order valence-corrected chi connectivity index (χ3v) is 1.20. The number of halogens is 2. The highest BCUT2D eigenvalue weighted by molar-refractivity contribution is 5.85. The molecule has 1 rings (SSSR count). The molecule has 0 aliphatic carbocycles. The molecule has 4 nitrogen and oxygen atoms in total. The summed E-state index contributed by atoms with van der Waals surface area (Å²) in [5.41, 5.74) is 11.7. The molecule has 1 aromatic heterocycles. The van der Waals surface area contributed by atoms with Gasteiger partial charge >= 0.3 is 0 Å². The standard InChI is InChI=1S/C5H10N4.2ClH/c1-9-4(3-6)2-5(7)8-9;;/h2H,3,6H2,1H3,(H2,7,8);2*1H. The maximum Gasteiger partial charge on any atom is 0.145 e. The second kappa shape index (κ2) is 5.23. The van der Waals surface area contributed by atoms with Crippen LogP contribution < -0.4 is 11.5 Å². The molecule has 0 atom stereocenters. The normalized spacial score (nSPS) is 8.18. The van der Waals surface area contributed by atoms with Crippen LogP contribution in [0.5, 0.6) is 0 Å². The third-order valence-electron chi connectivity index (χ3n) is 1.20. The Labute approximate surface area is 77.8 Å². The molecule has 0 radical (unpaired) electrons. The highest BCUT2D eigenvalue weighted by Crippen LogP contribution is 2.01. The van der Waals surface area contributed by atoms with E-state index in [0.717, 1.165) is 5.69 Å². The minimum absolute atomic E-state index is 0. The second-order valence-corrected chi connectivity index (χ2v) is 1.89. The smallest absolute Gasteiger partial charge is 0.145 e. The van der Waals surface area contributed by atoms with Crippen molar-refractivity contribution >= 4 is 30.6 Å². The number of aromatic nitrogens is 2. The molecule has 66 valence electrons. The van der Waals surface area contributed by atoms with Gasteiger partial charge in [-0.25, -0.2) is 0 Å². The number of hydrogen-bond acceptors (Lipinski definition) is 3. The van der Waals surface area contributed by atoms with Crippen LogP contribution in [0.25, 0.3) is 0 Å². The van der Waals surface area contributed by atoms with Crippen LogP contribution in [-0.4, -0.2) is 9.78 Å². The lowest BCUT2D eigenvalue weighted by Gasteiger charge is -1.92. The fourth-order valence-corrected chi connectivity index (χ4v) is 0.721. The molecule has 0 saturated carbocycles. The minimum Gasteiger partial charge on any atom is -0.382 e. The maximum atomic E-state index is 5.37. The predicted molar refractivity (Wildman–Crippen MR) is 50.0 cm³/mol. The summed E-state index contributed by atoms with van der Waals surface area (Å²) in [6, 6.07) is 1.76. The molecule has 11 heavy (non-hydrogen) atoms. The molecule has 0 amide bonds.